The van der Waals surface area contributed by atoms with Crippen LogP contribution in [0.25, 0.3) is 0 Å². The van der Waals surface area contributed by atoms with Gasteiger partial charge >= 0.3 is 0 Å². The molecule has 0 unspecified atom stereocenters. The molecule has 0 spiro atoms. The highest BCUT2D eigenvalue weighted by Crippen LogP contribution is 2.11. The molecule has 6 heteroatoms. The summed E-state index contributed by atoms with van der Waals surface area (Å²) in [6, 6.07) is 15.1. The van der Waals surface area contributed by atoms with E-state index < -0.39 is 5.97 Å². The molecule has 0 saturated heterocycles. The normalized spacial score (nSPS) is 10.1. The van der Waals surface area contributed by atoms with Crippen molar-refractivity contribution in [1.82, 2.24) is 0 Å². The van der Waals surface area contributed by atoms with Gasteiger partial charge < -0.3 is 14.6 Å². The minimum absolute atomic E-state index is 0.0108. The largest absolute Gasteiger partial charge is 0.545 e. The zero-order valence-corrected chi connectivity index (χ0v) is 11.5. The second kappa shape index (κ2) is 7.45. The molecule has 2 aromatic carbocycles. The number of carbonyl (C=O) groups is 1. The molecule has 0 atom stereocenters. The minimum atomic E-state index is -1.21. The highest BCUT2D eigenvalue weighted by atomic mass is 16.5. The average Bonchev–Trinajstić information content (AvgIpc) is 2.54. The number of rotatable bonds is 6. The highest BCUT2D eigenvalue weighted by molar-refractivity contribution is 5.86. The Hall–Kier alpha value is -3.33. The first-order valence-electron chi connectivity index (χ1n) is 6.39. The molecule has 0 saturated carbocycles. The summed E-state index contributed by atoms with van der Waals surface area (Å²) in [5, 5.41) is 23.1. The van der Waals surface area contributed by atoms with Gasteiger partial charge in [0.25, 0.3) is 0 Å². The van der Waals surface area contributed by atoms with E-state index in [1.807, 2.05) is 6.07 Å². The third-order valence-electron chi connectivity index (χ3n) is 2.71. The molecule has 0 fully saturated rings. The number of nitrogens with one attached hydrogen (secondary N) is 1. The molecule has 1 N–H and O–H groups in total. The number of carbonyl (C=O) groups excluding carboxylic acids is 1. The molecule has 6 nitrogen and oxygen atoms in total. The van der Waals surface area contributed by atoms with Crippen molar-refractivity contribution >= 4 is 17.9 Å². The van der Waals surface area contributed by atoms with Crippen molar-refractivity contribution in [2.45, 2.75) is 0 Å². The Morgan fingerprint density at radius 2 is 1.91 bits per heavy atom. The minimum Gasteiger partial charge on any atom is -0.545 e. The molecule has 110 valence electrons. The summed E-state index contributed by atoms with van der Waals surface area (Å²) in [5.74, 6) is -0.599. The van der Waals surface area contributed by atoms with Gasteiger partial charge in [0, 0.05) is 0 Å². The van der Waals surface area contributed by atoms with Crippen molar-refractivity contribution in [2.75, 3.05) is 12.0 Å². The van der Waals surface area contributed by atoms with Crippen LogP contribution in [0.15, 0.2) is 53.6 Å². The van der Waals surface area contributed by atoms with Crippen molar-refractivity contribution < 1.29 is 14.6 Å². The van der Waals surface area contributed by atoms with Gasteiger partial charge in [0.2, 0.25) is 0 Å². The van der Waals surface area contributed by atoms with E-state index in [9.17, 15) is 9.90 Å². The van der Waals surface area contributed by atoms with E-state index in [2.05, 4.69) is 10.5 Å². The van der Waals surface area contributed by atoms with Crippen molar-refractivity contribution in [2.24, 2.45) is 5.10 Å². The Kier molecular flexibility index (Phi) is 5.10. The molecular weight excluding hydrogens is 282 g/mol. The summed E-state index contributed by atoms with van der Waals surface area (Å²) in [6.45, 7) is 0.0108. The van der Waals surface area contributed by atoms with E-state index in [4.69, 9.17) is 10.00 Å². The second-order valence-electron chi connectivity index (χ2n) is 4.25. The van der Waals surface area contributed by atoms with E-state index in [0.29, 0.717) is 11.4 Å². The predicted octanol–water partition coefficient (Wildman–Crippen LogP) is 1.40. The molecule has 0 aromatic heterocycles. The number of anilines is 1. The Morgan fingerprint density at radius 1 is 1.23 bits per heavy atom. The number of hydrazone groups is 1. The number of hydrogen-bond acceptors (Lipinski definition) is 6. The maximum absolute atomic E-state index is 10.6. The third kappa shape index (κ3) is 4.35. The maximum atomic E-state index is 10.6. The van der Waals surface area contributed by atoms with Gasteiger partial charge in [-0.3, -0.25) is 5.43 Å². The van der Waals surface area contributed by atoms with Gasteiger partial charge in [-0.25, -0.2) is 0 Å². The average molecular weight is 294 g/mol. The first kappa shape index (κ1) is 15.1. The van der Waals surface area contributed by atoms with Crippen LogP contribution in [0.2, 0.25) is 0 Å². The molecule has 0 aliphatic rings. The predicted molar refractivity (Wildman–Crippen MR) is 79.5 cm³/mol. The molecule has 0 radical (unpaired) electrons. The Balaban J connectivity index is 1.91. The molecular formula is C16H12N3O3-. The van der Waals surface area contributed by atoms with Crippen molar-refractivity contribution in [3.63, 3.8) is 0 Å². The van der Waals surface area contributed by atoms with Crippen LogP contribution in [0.3, 0.4) is 0 Å². The van der Waals surface area contributed by atoms with Crippen LogP contribution in [-0.4, -0.2) is 18.8 Å². The molecule has 2 rings (SSSR count). The Labute approximate surface area is 127 Å². The summed E-state index contributed by atoms with van der Waals surface area (Å²) in [5.41, 5.74) is 4.42. The molecule has 0 bridgehead atoms. The van der Waals surface area contributed by atoms with Gasteiger partial charge in [-0.15, -0.1) is 0 Å². The van der Waals surface area contributed by atoms with E-state index >= 15 is 0 Å². The fraction of sp³-hybridized carbons (Fsp3) is 0.0625. The maximum Gasteiger partial charge on any atom is 0.174 e. The zero-order valence-electron chi connectivity index (χ0n) is 11.5. The van der Waals surface area contributed by atoms with Crippen LogP contribution in [0.5, 0.6) is 5.75 Å². The monoisotopic (exact) mass is 294 g/mol. The third-order valence-corrected chi connectivity index (χ3v) is 2.71. The number of aromatic carboxylic acids is 1. The SMILES string of the molecule is N#CCOc1ccc(/C=N\Nc2ccc(C(=O)[O-])cc2)cc1. The smallest absolute Gasteiger partial charge is 0.174 e. The second-order valence-corrected chi connectivity index (χ2v) is 4.25. The van der Waals surface area contributed by atoms with Gasteiger partial charge in [-0.05, 0) is 47.5 Å². The fourth-order valence-corrected chi connectivity index (χ4v) is 1.63. The quantitative estimate of drug-likeness (QED) is 0.641. The zero-order chi connectivity index (χ0) is 15.8. The van der Waals surface area contributed by atoms with Crippen LogP contribution >= 0.6 is 0 Å². The summed E-state index contributed by atoms with van der Waals surface area (Å²) >= 11 is 0. The van der Waals surface area contributed by atoms with Crippen molar-refractivity contribution in [3.05, 3.63) is 59.7 Å². The van der Waals surface area contributed by atoms with E-state index in [1.165, 1.54) is 12.1 Å². The van der Waals surface area contributed by atoms with E-state index in [0.717, 1.165) is 5.56 Å². The molecule has 0 heterocycles. The van der Waals surface area contributed by atoms with E-state index in [-0.39, 0.29) is 12.2 Å². The summed E-state index contributed by atoms with van der Waals surface area (Å²) < 4.78 is 5.14. The number of carboxylic acids is 1. The number of hydrogen-bond donors (Lipinski definition) is 1. The van der Waals surface area contributed by atoms with Gasteiger partial charge in [0.05, 0.1) is 17.9 Å². The van der Waals surface area contributed by atoms with Crippen molar-refractivity contribution in [1.29, 1.82) is 5.26 Å². The van der Waals surface area contributed by atoms with Crippen LogP contribution in [0, 0.1) is 11.3 Å². The van der Waals surface area contributed by atoms with Crippen LogP contribution in [0.4, 0.5) is 5.69 Å². The standard InChI is InChI=1S/C16H13N3O3/c17-9-10-22-15-7-1-12(2-8-15)11-18-19-14-5-3-13(4-6-14)16(20)21/h1-8,11,19H,10H2,(H,20,21)/p-1/b18-11-. The van der Waals surface area contributed by atoms with Gasteiger partial charge in [0.15, 0.2) is 6.61 Å². The van der Waals surface area contributed by atoms with E-state index in [1.54, 1.807) is 42.6 Å². The first-order chi connectivity index (χ1) is 10.7. The highest BCUT2D eigenvalue weighted by Gasteiger charge is 1.95. The lowest BCUT2D eigenvalue weighted by molar-refractivity contribution is -0.255. The van der Waals surface area contributed by atoms with Crippen LogP contribution < -0.4 is 15.3 Å². The lowest BCUT2D eigenvalue weighted by atomic mass is 10.2. The summed E-state index contributed by atoms with van der Waals surface area (Å²) in [6.07, 6.45) is 1.61. The lowest BCUT2D eigenvalue weighted by Gasteiger charge is -2.04. The number of nitriles is 1. The summed E-state index contributed by atoms with van der Waals surface area (Å²) in [4.78, 5) is 10.6. The van der Waals surface area contributed by atoms with Gasteiger partial charge in [-0.1, -0.05) is 12.1 Å². The van der Waals surface area contributed by atoms with Crippen molar-refractivity contribution in [3.8, 4) is 11.8 Å². The molecule has 0 aliphatic carbocycles. The molecule has 2 aromatic rings. The van der Waals surface area contributed by atoms with Crippen LogP contribution in [-0.2, 0) is 0 Å². The Morgan fingerprint density at radius 3 is 2.50 bits per heavy atom. The first-order valence-corrected chi connectivity index (χ1v) is 6.39. The molecule has 0 amide bonds. The number of benzene rings is 2. The number of carboxylic acid groups (broad SMARTS) is 1. The molecule has 0 aliphatic heterocycles. The fourth-order valence-electron chi connectivity index (χ4n) is 1.63. The van der Waals surface area contributed by atoms with Gasteiger partial charge in [0.1, 0.15) is 11.8 Å². The summed E-state index contributed by atoms with van der Waals surface area (Å²) in [7, 11) is 0. The van der Waals surface area contributed by atoms with Gasteiger partial charge in [-0.2, -0.15) is 10.4 Å². The lowest BCUT2D eigenvalue weighted by Crippen LogP contribution is -2.21. The molecule has 22 heavy (non-hydrogen) atoms. The number of nitrogens with zero attached hydrogens (tertiary/aromatic N) is 2. The van der Waals surface area contributed by atoms with Crippen LogP contribution in [0.1, 0.15) is 15.9 Å². The topological polar surface area (TPSA) is 97.5 Å². The number of ether oxygens (including phenoxy) is 1. The Bertz CT molecular complexity index is 701.